The summed E-state index contributed by atoms with van der Waals surface area (Å²) in [6.07, 6.45) is -5.32. The van der Waals surface area contributed by atoms with Crippen LogP contribution in [0.5, 0.6) is 11.5 Å². The molecule has 1 aliphatic rings. The molecular formula is C36H27F5N2O3S. The van der Waals surface area contributed by atoms with Crippen molar-refractivity contribution in [1.29, 1.82) is 0 Å². The van der Waals surface area contributed by atoms with Crippen molar-refractivity contribution in [2.45, 2.75) is 24.5 Å². The zero-order chi connectivity index (χ0) is 33.3. The summed E-state index contributed by atoms with van der Waals surface area (Å²) in [5, 5.41) is 0.332. The summed E-state index contributed by atoms with van der Waals surface area (Å²) in [5.41, 5.74) is 2.48. The number of rotatable bonds is 8. The van der Waals surface area contributed by atoms with Crippen molar-refractivity contribution in [3.05, 3.63) is 147 Å². The summed E-state index contributed by atoms with van der Waals surface area (Å²) in [5.74, 6) is -0.927. The topological polar surface area (TPSA) is 52.5 Å². The molecule has 0 amide bonds. The first-order chi connectivity index (χ1) is 22.6. The van der Waals surface area contributed by atoms with Crippen molar-refractivity contribution < 1.29 is 31.5 Å². The van der Waals surface area contributed by atoms with Crippen LogP contribution in [0.3, 0.4) is 0 Å². The van der Waals surface area contributed by atoms with Crippen molar-refractivity contribution in [1.82, 2.24) is 10.0 Å². The van der Waals surface area contributed by atoms with E-state index >= 15 is 8.78 Å². The Hall–Kier alpha value is -4.87. The van der Waals surface area contributed by atoms with Gasteiger partial charge in [-0.25, -0.2) is 8.78 Å². The predicted molar refractivity (Wildman–Crippen MR) is 172 cm³/mol. The lowest BCUT2D eigenvalue weighted by atomic mass is 9.92. The lowest BCUT2D eigenvalue weighted by molar-refractivity contribution is -0.138. The Bertz CT molecular complexity index is 2040. The Morgan fingerprint density at radius 2 is 1.57 bits per heavy atom. The molecule has 0 spiro atoms. The lowest BCUT2D eigenvalue weighted by Gasteiger charge is -2.21. The first-order valence-electron chi connectivity index (χ1n) is 14.4. The first kappa shape index (κ1) is 32.1. The number of para-hydroxylation sites is 1. The summed E-state index contributed by atoms with van der Waals surface area (Å²) in [6, 6.07) is 24.6. The summed E-state index contributed by atoms with van der Waals surface area (Å²) in [7, 11) is 1.41. The van der Waals surface area contributed by atoms with Gasteiger partial charge in [0.15, 0.2) is 0 Å². The van der Waals surface area contributed by atoms with E-state index in [0.29, 0.717) is 27.7 Å². The molecule has 11 heteroatoms. The van der Waals surface area contributed by atoms with E-state index in [1.54, 1.807) is 55.5 Å². The van der Waals surface area contributed by atoms with Gasteiger partial charge in [-0.15, -0.1) is 11.8 Å². The van der Waals surface area contributed by atoms with E-state index in [1.165, 1.54) is 35.6 Å². The minimum atomic E-state index is -4.83. The van der Waals surface area contributed by atoms with Crippen LogP contribution >= 0.6 is 11.8 Å². The number of fused-ring (bicyclic) bond motifs is 1. The molecule has 2 heterocycles. The molecule has 47 heavy (non-hydrogen) atoms. The molecule has 4 aromatic carbocycles. The molecule has 0 fully saturated rings. The van der Waals surface area contributed by atoms with Crippen LogP contribution in [0.1, 0.15) is 27.8 Å². The number of nitrogens with zero attached hydrogens (tertiary/aromatic N) is 1. The Morgan fingerprint density at radius 3 is 2.23 bits per heavy atom. The zero-order valence-electron chi connectivity index (χ0n) is 25.1. The highest BCUT2D eigenvalue weighted by molar-refractivity contribution is 8.00. The highest BCUT2D eigenvalue weighted by Gasteiger charge is 2.36. The second kappa shape index (κ2) is 13.1. The van der Waals surface area contributed by atoms with E-state index in [4.69, 9.17) is 9.57 Å². The van der Waals surface area contributed by atoms with Gasteiger partial charge in [-0.2, -0.15) is 13.2 Å². The Balaban J connectivity index is 1.60. The number of ether oxygens (including phenoxy) is 1. The number of nitrogens with one attached hydrogen (secondary N) is 1. The van der Waals surface area contributed by atoms with Crippen molar-refractivity contribution in [3.63, 3.8) is 0 Å². The van der Waals surface area contributed by atoms with Crippen molar-refractivity contribution in [2.75, 3.05) is 12.9 Å². The summed E-state index contributed by atoms with van der Waals surface area (Å²) in [6.45, 7) is 1.54. The van der Waals surface area contributed by atoms with E-state index in [0.717, 1.165) is 24.3 Å². The molecule has 5 aromatic rings. The molecule has 6 rings (SSSR count). The number of benzene rings is 4. The molecule has 0 saturated heterocycles. The number of halogens is 5. The standard InChI is InChI=1S/C36H27F5N2O3S/c1-21-26(19-27-28(36(39,40)41)14-9-15-29(27)37)35-43(31(20-47-35)33(42-45-2)22-10-5-3-6-11-22)34(44)32(21)25-17-16-24(18-30(25)38)46-23-12-7-4-8-13-23/h3-18,42H,19-20H2,1-2H3. The Kier molecular flexibility index (Phi) is 8.94. The van der Waals surface area contributed by atoms with Crippen LogP contribution in [0.25, 0.3) is 22.5 Å². The van der Waals surface area contributed by atoms with Crippen LogP contribution < -0.4 is 15.8 Å². The molecule has 0 aliphatic carbocycles. The Labute approximate surface area is 271 Å². The normalized spacial score (nSPS) is 13.8. The minimum Gasteiger partial charge on any atom is -0.457 e. The molecule has 0 unspecified atom stereocenters. The fourth-order valence-electron chi connectivity index (χ4n) is 5.68. The third-order valence-electron chi connectivity index (χ3n) is 7.84. The van der Waals surface area contributed by atoms with E-state index in [1.807, 2.05) is 12.1 Å². The highest BCUT2D eigenvalue weighted by atomic mass is 32.2. The molecule has 0 saturated carbocycles. The molecule has 1 aromatic heterocycles. The third kappa shape index (κ3) is 6.28. The largest absolute Gasteiger partial charge is 0.457 e. The number of hydroxylamine groups is 1. The second-order valence-electron chi connectivity index (χ2n) is 10.7. The average Bonchev–Trinajstić information content (AvgIpc) is 3.49. The van der Waals surface area contributed by atoms with Crippen LogP contribution in [-0.2, 0) is 17.4 Å². The first-order valence-corrected chi connectivity index (χ1v) is 15.4. The summed E-state index contributed by atoms with van der Waals surface area (Å²) in [4.78, 5) is 19.7. The molecule has 1 N–H and O–H groups in total. The maximum absolute atomic E-state index is 15.9. The number of thioether (sulfide) groups is 1. The van der Waals surface area contributed by atoms with Gasteiger partial charge in [-0.3, -0.25) is 19.7 Å². The van der Waals surface area contributed by atoms with E-state index in [9.17, 15) is 18.0 Å². The number of hydrogen-bond acceptors (Lipinski definition) is 5. The van der Waals surface area contributed by atoms with Gasteiger partial charge >= 0.3 is 6.18 Å². The molecule has 0 bridgehead atoms. The van der Waals surface area contributed by atoms with Gasteiger partial charge in [0.25, 0.3) is 5.56 Å². The summed E-state index contributed by atoms with van der Waals surface area (Å²) >= 11 is 1.22. The molecular weight excluding hydrogens is 635 g/mol. The van der Waals surface area contributed by atoms with Crippen LogP contribution in [-0.4, -0.2) is 17.4 Å². The highest BCUT2D eigenvalue weighted by Crippen LogP contribution is 2.43. The van der Waals surface area contributed by atoms with Crippen LogP contribution in [0.15, 0.2) is 107 Å². The smallest absolute Gasteiger partial charge is 0.416 e. The van der Waals surface area contributed by atoms with Crippen LogP contribution in [0, 0.1) is 18.6 Å². The fraction of sp³-hybridized carbons (Fsp3) is 0.139. The predicted octanol–water partition coefficient (Wildman–Crippen LogP) is 9.09. The lowest BCUT2D eigenvalue weighted by Crippen LogP contribution is -2.26. The van der Waals surface area contributed by atoms with E-state index in [2.05, 4.69) is 5.48 Å². The van der Waals surface area contributed by atoms with E-state index < -0.39 is 40.9 Å². The van der Waals surface area contributed by atoms with Gasteiger partial charge in [0, 0.05) is 34.9 Å². The van der Waals surface area contributed by atoms with E-state index in [-0.39, 0.29) is 33.8 Å². The second-order valence-corrected chi connectivity index (χ2v) is 11.7. The van der Waals surface area contributed by atoms with Gasteiger partial charge in [0.2, 0.25) is 0 Å². The average molecular weight is 663 g/mol. The number of hydrogen-bond donors (Lipinski definition) is 1. The zero-order valence-corrected chi connectivity index (χ0v) is 25.9. The van der Waals surface area contributed by atoms with Gasteiger partial charge in [0.1, 0.15) is 23.1 Å². The number of pyridine rings is 1. The molecule has 5 nitrogen and oxygen atoms in total. The van der Waals surface area contributed by atoms with Gasteiger partial charge in [-0.1, -0.05) is 54.6 Å². The quantitative estimate of drug-likeness (QED) is 0.133. The molecule has 0 atom stereocenters. The monoisotopic (exact) mass is 662 g/mol. The van der Waals surface area contributed by atoms with Crippen molar-refractivity contribution in [2.24, 2.45) is 0 Å². The van der Waals surface area contributed by atoms with Crippen molar-refractivity contribution >= 4 is 23.2 Å². The number of alkyl halides is 3. The minimum absolute atomic E-state index is 0.0674. The molecule has 240 valence electrons. The van der Waals surface area contributed by atoms with Gasteiger partial charge < -0.3 is 4.74 Å². The Morgan fingerprint density at radius 1 is 0.872 bits per heavy atom. The maximum Gasteiger partial charge on any atom is 0.416 e. The van der Waals surface area contributed by atoms with Gasteiger partial charge in [-0.05, 0) is 54.4 Å². The van der Waals surface area contributed by atoms with Gasteiger partial charge in [0.05, 0.1) is 34.7 Å². The maximum atomic E-state index is 15.9. The SMILES string of the molecule is CONC(=C1CSc2c(Cc3c(F)cccc3C(F)(F)F)c(C)c(-c3ccc(Oc4ccccc4)cc3F)c(=O)n21)c1ccccc1. The fourth-order valence-corrected chi connectivity index (χ4v) is 6.95. The summed E-state index contributed by atoms with van der Waals surface area (Å²) < 4.78 is 80.5. The number of aromatic nitrogens is 1. The molecule has 1 aliphatic heterocycles. The third-order valence-corrected chi connectivity index (χ3v) is 8.96. The van der Waals surface area contributed by atoms with Crippen molar-refractivity contribution in [3.8, 4) is 22.6 Å². The van der Waals surface area contributed by atoms with Crippen LogP contribution in [0.4, 0.5) is 22.0 Å². The van der Waals surface area contributed by atoms with Crippen LogP contribution in [0.2, 0.25) is 0 Å². The molecule has 0 radical (unpaired) electrons.